The van der Waals surface area contributed by atoms with Crippen molar-refractivity contribution in [1.29, 1.82) is 0 Å². The van der Waals surface area contributed by atoms with Crippen LogP contribution in [0.1, 0.15) is 103 Å². The van der Waals surface area contributed by atoms with Crippen LogP contribution in [0.2, 0.25) is 0 Å². The van der Waals surface area contributed by atoms with Gasteiger partial charge in [-0.05, 0) is 52.1 Å². The van der Waals surface area contributed by atoms with Crippen LogP contribution < -0.4 is 5.32 Å². The van der Waals surface area contributed by atoms with E-state index in [-0.39, 0.29) is 0 Å². The van der Waals surface area contributed by atoms with Gasteiger partial charge in [-0.3, -0.25) is 0 Å². The lowest BCUT2D eigenvalue weighted by Crippen LogP contribution is -2.06. The van der Waals surface area contributed by atoms with E-state index in [4.69, 9.17) is 5.11 Å². The van der Waals surface area contributed by atoms with E-state index in [0.717, 1.165) is 6.42 Å². The molecular formula is C21H43NO. The molecule has 0 spiro atoms. The zero-order valence-electron chi connectivity index (χ0n) is 15.8. The molecule has 0 amide bonds. The minimum absolute atomic E-state index is 0.364. The van der Waals surface area contributed by atoms with Gasteiger partial charge in [0.05, 0.1) is 0 Å². The van der Waals surface area contributed by atoms with Gasteiger partial charge in [0.25, 0.3) is 0 Å². The van der Waals surface area contributed by atoms with Gasteiger partial charge in [0.1, 0.15) is 0 Å². The van der Waals surface area contributed by atoms with Crippen LogP contribution in [0.4, 0.5) is 0 Å². The third-order valence-corrected chi connectivity index (χ3v) is 4.49. The zero-order chi connectivity index (χ0) is 16.8. The van der Waals surface area contributed by atoms with Crippen molar-refractivity contribution >= 4 is 0 Å². The van der Waals surface area contributed by atoms with Gasteiger partial charge in [0.2, 0.25) is 0 Å². The highest BCUT2D eigenvalue weighted by molar-refractivity contribution is 4.81. The first-order valence-electron chi connectivity index (χ1n) is 10.3. The Morgan fingerprint density at radius 3 is 1.39 bits per heavy atom. The van der Waals surface area contributed by atoms with Crippen LogP contribution in [0.5, 0.6) is 0 Å². The predicted molar refractivity (Wildman–Crippen MR) is 104 cm³/mol. The molecule has 0 aromatic carbocycles. The fraction of sp³-hybridized carbons (Fsp3) is 0.905. The van der Waals surface area contributed by atoms with Gasteiger partial charge in [0.15, 0.2) is 0 Å². The van der Waals surface area contributed by atoms with E-state index in [2.05, 4.69) is 17.5 Å². The molecule has 0 fully saturated rings. The Morgan fingerprint density at radius 2 is 0.957 bits per heavy atom. The molecule has 0 radical (unpaired) electrons. The van der Waals surface area contributed by atoms with Crippen LogP contribution >= 0.6 is 0 Å². The summed E-state index contributed by atoms with van der Waals surface area (Å²) in [6.07, 6.45) is 26.0. The number of allylic oxidation sites excluding steroid dienone is 2. The van der Waals surface area contributed by atoms with E-state index in [1.165, 1.54) is 103 Å². The molecule has 2 heteroatoms. The quantitative estimate of drug-likeness (QED) is 0.226. The first-order valence-corrected chi connectivity index (χ1v) is 10.3. The summed E-state index contributed by atoms with van der Waals surface area (Å²) < 4.78 is 0. The summed E-state index contributed by atoms with van der Waals surface area (Å²) in [5.41, 5.74) is 0. The van der Waals surface area contributed by atoms with Crippen molar-refractivity contribution in [2.75, 3.05) is 20.2 Å². The Labute approximate surface area is 146 Å². The first-order chi connectivity index (χ1) is 11.4. The van der Waals surface area contributed by atoms with E-state index in [0.29, 0.717) is 6.61 Å². The van der Waals surface area contributed by atoms with Crippen LogP contribution in [-0.2, 0) is 0 Å². The standard InChI is InChI=1S/C21H43NO/c1-22-20-18-16-14-12-10-8-6-4-2-3-5-7-9-11-13-15-17-19-21-23/h2,4,22-23H,3,5-21H2,1H3/b4-2-. The van der Waals surface area contributed by atoms with Crippen molar-refractivity contribution in [2.45, 2.75) is 103 Å². The second-order valence-electron chi connectivity index (χ2n) is 6.83. The smallest absolute Gasteiger partial charge is 0.0431 e. The molecule has 0 rings (SSSR count). The Bertz CT molecular complexity index is 228. The highest BCUT2D eigenvalue weighted by atomic mass is 16.2. The van der Waals surface area contributed by atoms with Crippen molar-refractivity contribution in [1.82, 2.24) is 5.32 Å². The molecule has 0 aliphatic heterocycles. The number of aliphatic hydroxyl groups excluding tert-OH is 1. The highest BCUT2D eigenvalue weighted by Gasteiger charge is 1.92. The molecule has 0 saturated carbocycles. The molecule has 0 aromatic heterocycles. The van der Waals surface area contributed by atoms with Crippen LogP contribution in [0.25, 0.3) is 0 Å². The summed E-state index contributed by atoms with van der Waals surface area (Å²) in [7, 11) is 2.04. The van der Waals surface area contributed by atoms with E-state index in [1.807, 2.05) is 7.05 Å². The van der Waals surface area contributed by atoms with Gasteiger partial charge in [-0.1, -0.05) is 76.4 Å². The minimum atomic E-state index is 0.364. The maximum Gasteiger partial charge on any atom is 0.0431 e. The van der Waals surface area contributed by atoms with Gasteiger partial charge >= 0.3 is 0 Å². The number of hydrogen-bond donors (Lipinski definition) is 2. The fourth-order valence-electron chi connectivity index (χ4n) is 2.94. The van der Waals surface area contributed by atoms with Crippen LogP contribution in [0.3, 0.4) is 0 Å². The molecule has 2 nitrogen and oxygen atoms in total. The molecule has 0 heterocycles. The zero-order valence-corrected chi connectivity index (χ0v) is 15.8. The second kappa shape index (κ2) is 21.7. The van der Waals surface area contributed by atoms with Gasteiger partial charge in [-0.25, -0.2) is 0 Å². The number of unbranched alkanes of at least 4 members (excludes halogenated alkanes) is 14. The lowest BCUT2D eigenvalue weighted by atomic mass is 10.1. The van der Waals surface area contributed by atoms with Gasteiger partial charge < -0.3 is 10.4 Å². The molecule has 0 unspecified atom stereocenters. The molecular weight excluding hydrogens is 282 g/mol. The monoisotopic (exact) mass is 325 g/mol. The van der Waals surface area contributed by atoms with Crippen LogP contribution in [-0.4, -0.2) is 25.3 Å². The summed E-state index contributed by atoms with van der Waals surface area (Å²) in [6, 6.07) is 0. The van der Waals surface area contributed by atoms with E-state index >= 15 is 0 Å². The highest BCUT2D eigenvalue weighted by Crippen LogP contribution is 2.11. The Morgan fingerprint density at radius 1 is 0.565 bits per heavy atom. The molecule has 0 saturated heterocycles. The third-order valence-electron chi connectivity index (χ3n) is 4.49. The lowest BCUT2D eigenvalue weighted by molar-refractivity contribution is 0.282. The predicted octanol–water partition coefficient (Wildman–Crippen LogP) is 6.00. The van der Waals surface area contributed by atoms with E-state index in [1.54, 1.807) is 0 Å². The molecule has 0 atom stereocenters. The maximum absolute atomic E-state index is 8.70. The van der Waals surface area contributed by atoms with Gasteiger partial charge in [0, 0.05) is 6.61 Å². The average molecular weight is 326 g/mol. The van der Waals surface area contributed by atoms with E-state index < -0.39 is 0 Å². The average Bonchev–Trinajstić information content (AvgIpc) is 2.57. The second-order valence-corrected chi connectivity index (χ2v) is 6.83. The SMILES string of the molecule is CNCCCCCCCC/C=C\CCCCCCCCCCO. The maximum atomic E-state index is 8.70. The van der Waals surface area contributed by atoms with Gasteiger partial charge in [-0.15, -0.1) is 0 Å². The molecule has 0 aliphatic carbocycles. The summed E-state index contributed by atoms with van der Waals surface area (Å²) >= 11 is 0. The van der Waals surface area contributed by atoms with Crippen molar-refractivity contribution in [3.8, 4) is 0 Å². The first kappa shape index (κ1) is 22.7. The van der Waals surface area contributed by atoms with Crippen molar-refractivity contribution in [3.63, 3.8) is 0 Å². The number of nitrogens with one attached hydrogen (secondary N) is 1. The topological polar surface area (TPSA) is 32.3 Å². The molecule has 0 bridgehead atoms. The van der Waals surface area contributed by atoms with E-state index in [9.17, 15) is 0 Å². The normalized spacial score (nSPS) is 11.6. The minimum Gasteiger partial charge on any atom is -0.396 e. The lowest BCUT2D eigenvalue weighted by Gasteiger charge is -2.01. The van der Waals surface area contributed by atoms with Gasteiger partial charge in [-0.2, -0.15) is 0 Å². The van der Waals surface area contributed by atoms with Crippen LogP contribution in [0, 0.1) is 0 Å². The Hall–Kier alpha value is -0.340. The Balaban J connectivity index is 3.03. The molecule has 0 aliphatic rings. The summed E-state index contributed by atoms with van der Waals surface area (Å²) in [5.74, 6) is 0. The molecule has 138 valence electrons. The third kappa shape index (κ3) is 21.7. The summed E-state index contributed by atoms with van der Waals surface area (Å²) in [5, 5.41) is 11.9. The molecule has 2 N–H and O–H groups in total. The van der Waals surface area contributed by atoms with Crippen molar-refractivity contribution in [3.05, 3.63) is 12.2 Å². The fourth-order valence-corrected chi connectivity index (χ4v) is 2.94. The summed E-state index contributed by atoms with van der Waals surface area (Å²) in [4.78, 5) is 0. The number of hydrogen-bond acceptors (Lipinski definition) is 2. The Kier molecular flexibility index (Phi) is 21.3. The van der Waals surface area contributed by atoms with Crippen LogP contribution in [0.15, 0.2) is 12.2 Å². The number of aliphatic hydroxyl groups is 1. The van der Waals surface area contributed by atoms with Crippen molar-refractivity contribution in [2.24, 2.45) is 0 Å². The summed E-state index contributed by atoms with van der Waals surface area (Å²) in [6.45, 7) is 1.54. The largest absolute Gasteiger partial charge is 0.396 e. The van der Waals surface area contributed by atoms with Crippen molar-refractivity contribution < 1.29 is 5.11 Å². The number of rotatable bonds is 19. The molecule has 0 aromatic rings. The molecule has 23 heavy (non-hydrogen) atoms.